The Bertz CT molecular complexity index is 408. The van der Waals surface area contributed by atoms with Crippen LogP contribution in [0, 0.1) is 11.6 Å². The Morgan fingerprint density at radius 2 is 2.06 bits per heavy atom. The van der Waals surface area contributed by atoms with E-state index in [0.717, 1.165) is 20.0 Å². The first-order chi connectivity index (χ1) is 8.11. The van der Waals surface area contributed by atoms with Gasteiger partial charge in [-0.2, -0.15) is 0 Å². The van der Waals surface area contributed by atoms with Crippen molar-refractivity contribution in [2.24, 2.45) is 0 Å². The summed E-state index contributed by atoms with van der Waals surface area (Å²) in [6.07, 6.45) is 1.82. The molecule has 0 saturated heterocycles. The molecule has 0 unspecified atom stereocenters. The molecule has 0 heterocycles. The predicted molar refractivity (Wildman–Crippen MR) is 61.1 cm³/mol. The number of hydrogen-bond acceptors (Lipinski definition) is 3. The van der Waals surface area contributed by atoms with Gasteiger partial charge in [0.1, 0.15) is 0 Å². The van der Waals surface area contributed by atoms with Gasteiger partial charge in [0, 0.05) is 6.54 Å². The van der Waals surface area contributed by atoms with E-state index in [2.05, 4.69) is 10.1 Å². The zero-order valence-electron chi connectivity index (χ0n) is 9.85. The van der Waals surface area contributed by atoms with Gasteiger partial charge in [0.2, 0.25) is 0 Å². The van der Waals surface area contributed by atoms with Crippen molar-refractivity contribution in [3.63, 3.8) is 0 Å². The van der Waals surface area contributed by atoms with Crippen LogP contribution in [0.3, 0.4) is 0 Å². The standard InChI is InChI=1S/C12H15F2NO2/c1-3-4-7-15-9-6-5-8(12(16)17-2)10(13)11(9)14/h5-6,15H,3-4,7H2,1-2H3. The molecular weight excluding hydrogens is 228 g/mol. The molecule has 1 aromatic carbocycles. The minimum absolute atomic E-state index is 0.0589. The molecule has 0 spiro atoms. The minimum atomic E-state index is -1.18. The zero-order chi connectivity index (χ0) is 12.8. The summed E-state index contributed by atoms with van der Waals surface area (Å²) in [6.45, 7) is 2.56. The van der Waals surface area contributed by atoms with Crippen LogP contribution in [0.25, 0.3) is 0 Å². The van der Waals surface area contributed by atoms with Crippen LogP contribution in [0.2, 0.25) is 0 Å². The first kappa shape index (κ1) is 13.4. The van der Waals surface area contributed by atoms with E-state index in [1.165, 1.54) is 12.1 Å². The molecule has 0 radical (unpaired) electrons. The second kappa shape index (κ2) is 6.18. The van der Waals surface area contributed by atoms with Crippen LogP contribution < -0.4 is 5.32 Å². The van der Waals surface area contributed by atoms with Crippen LogP contribution in [-0.2, 0) is 4.74 Å². The third-order valence-electron chi connectivity index (χ3n) is 2.33. The summed E-state index contributed by atoms with van der Waals surface area (Å²) in [6, 6.07) is 2.54. The van der Waals surface area contributed by atoms with Crippen molar-refractivity contribution in [3.8, 4) is 0 Å². The first-order valence-corrected chi connectivity index (χ1v) is 5.42. The second-order valence-corrected chi connectivity index (χ2v) is 3.56. The molecule has 3 nitrogen and oxygen atoms in total. The van der Waals surface area contributed by atoms with Gasteiger partial charge in [0.25, 0.3) is 0 Å². The van der Waals surface area contributed by atoms with E-state index in [1.54, 1.807) is 0 Å². The van der Waals surface area contributed by atoms with E-state index < -0.39 is 23.2 Å². The fourth-order valence-electron chi connectivity index (χ4n) is 1.35. The third kappa shape index (κ3) is 3.15. The lowest BCUT2D eigenvalue weighted by Gasteiger charge is -2.09. The van der Waals surface area contributed by atoms with Crippen LogP contribution in [0.15, 0.2) is 12.1 Å². The van der Waals surface area contributed by atoms with Crippen molar-refractivity contribution in [3.05, 3.63) is 29.3 Å². The summed E-state index contributed by atoms with van der Waals surface area (Å²) in [5, 5.41) is 2.77. The molecule has 0 aliphatic rings. The van der Waals surface area contributed by atoms with Crippen molar-refractivity contribution in [2.75, 3.05) is 19.0 Å². The SMILES string of the molecule is CCCCNc1ccc(C(=O)OC)c(F)c1F. The second-order valence-electron chi connectivity index (χ2n) is 3.56. The fourth-order valence-corrected chi connectivity index (χ4v) is 1.35. The quantitative estimate of drug-likeness (QED) is 0.638. The van der Waals surface area contributed by atoms with Gasteiger partial charge < -0.3 is 10.1 Å². The van der Waals surface area contributed by atoms with E-state index in [9.17, 15) is 13.6 Å². The Balaban J connectivity index is 2.90. The van der Waals surface area contributed by atoms with Gasteiger partial charge in [-0.15, -0.1) is 0 Å². The lowest BCUT2D eigenvalue weighted by atomic mass is 10.1. The van der Waals surface area contributed by atoms with Crippen molar-refractivity contribution < 1.29 is 18.3 Å². The molecule has 0 bridgehead atoms. The number of nitrogens with one attached hydrogen (secondary N) is 1. The topological polar surface area (TPSA) is 38.3 Å². The minimum Gasteiger partial charge on any atom is -0.465 e. The van der Waals surface area contributed by atoms with E-state index in [1.807, 2.05) is 6.92 Å². The number of ether oxygens (including phenoxy) is 1. The average Bonchev–Trinajstić information content (AvgIpc) is 2.34. The van der Waals surface area contributed by atoms with Crippen LogP contribution in [0.1, 0.15) is 30.1 Å². The van der Waals surface area contributed by atoms with Crippen molar-refractivity contribution in [2.45, 2.75) is 19.8 Å². The van der Waals surface area contributed by atoms with Gasteiger partial charge in [-0.25, -0.2) is 13.6 Å². The van der Waals surface area contributed by atoms with Gasteiger partial charge in [0.05, 0.1) is 18.4 Å². The Hall–Kier alpha value is -1.65. The van der Waals surface area contributed by atoms with Gasteiger partial charge in [-0.3, -0.25) is 0 Å². The Labute approximate surface area is 98.8 Å². The van der Waals surface area contributed by atoms with E-state index in [4.69, 9.17) is 0 Å². The number of esters is 1. The summed E-state index contributed by atoms with van der Waals surface area (Å²) < 4.78 is 31.4. The maximum Gasteiger partial charge on any atom is 0.340 e. The highest BCUT2D eigenvalue weighted by Crippen LogP contribution is 2.21. The zero-order valence-corrected chi connectivity index (χ0v) is 9.85. The highest BCUT2D eigenvalue weighted by atomic mass is 19.2. The number of halogens is 2. The number of anilines is 1. The lowest BCUT2D eigenvalue weighted by Crippen LogP contribution is -2.09. The molecule has 0 atom stereocenters. The number of rotatable bonds is 5. The molecule has 0 saturated carbocycles. The smallest absolute Gasteiger partial charge is 0.340 e. The Kier molecular flexibility index (Phi) is 4.87. The number of carbonyl (C=O) groups is 1. The molecule has 17 heavy (non-hydrogen) atoms. The van der Waals surface area contributed by atoms with Crippen molar-refractivity contribution in [1.82, 2.24) is 0 Å². The molecule has 1 aromatic rings. The van der Waals surface area contributed by atoms with Crippen molar-refractivity contribution in [1.29, 1.82) is 0 Å². The average molecular weight is 243 g/mol. The fraction of sp³-hybridized carbons (Fsp3) is 0.417. The molecule has 1 rings (SSSR count). The molecule has 0 amide bonds. The summed E-state index contributed by atoms with van der Waals surface area (Å²) in [5.74, 6) is -3.12. The van der Waals surface area contributed by atoms with Gasteiger partial charge >= 0.3 is 5.97 Å². The Morgan fingerprint density at radius 1 is 1.35 bits per heavy atom. The van der Waals surface area contributed by atoms with E-state index in [0.29, 0.717) is 6.54 Å². The normalized spacial score (nSPS) is 10.1. The summed E-state index contributed by atoms with van der Waals surface area (Å²) >= 11 is 0. The maximum absolute atomic E-state index is 13.5. The predicted octanol–water partition coefficient (Wildman–Crippen LogP) is 2.96. The molecular formula is C12H15F2NO2. The lowest BCUT2D eigenvalue weighted by molar-refractivity contribution is 0.0594. The van der Waals surface area contributed by atoms with Gasteiger partial charge in [0.15, 0.2) is 11.6 Å². The largest absolute Gasteiger partial charge is 0.465 e. The van der Waals surface area contributed by atoms with E-state index in [-0.39, 0.29) is 5.69 Å². The number of methoxy groups -OCH3 is 1. The number of benzene rings is 1. The van der Waals surface area contributed by atoms with Crippen LogP contribution >= 0.6 is 0 Å². The summed E-state index contributed by atoms with van der Waals surface area (Å²) in [4.78, 5) is 11.1. The van der Waals surface area contributed by atoms with Crippen LogP contribution in [0.4, 0.5) is 14.5 Å². The molecule has 0 fully saturated rings. The van der Waals surface area contributed by atoms with E-state index >= 15 is 0 Å². The third-order valence-corrected chi connectivity index (χ3v) is 2.33. The molecule has 1 N–H and O–H groups in total. The monoisotopic (exact) mass is 243 g/mol. The van der Waals surface area contributed by atoms with Gasteiger partial charge in [-0.05, 0) is 18.6 Å². The van der Waals surface area contributed by atoms with Gasteiger partial charge in [-0.1, -0.05) is 13.3 Å². The molecule has 0 aromatic heterocycles. The Morgan fingerprint density at radius 3 is 2.65 bits per heavy atom. The summed E-state index contributed by atoms with van der Waals surface area (Å²) in [7, 11) is 1.12. The highest BCUT2D eigenvalue weighted by Gasteiger charge is 2.18. The molecule has 0 aliphatic carbocycles. The summed E-state index contributed by atoms with van der Waals surface area (Å²) in [5.41, 5.74) is -0.338. The first-order valence-electron chi connectivity index (χ1n) is 5.42. The number of carbonyl (C=O) groups excluding carboxylic acids is 1. The van der Waals surface area contributed by atoms with Crippen LogP contribution in [-0.4, -0.2) is 19.6 Å². The highest BCUT2D eigenvalue weighted by molar-refractivity contribution is 5.90. The van der Waals surface area contributed by atoms with Crippen molar-refractivity contribution >= 4 is 11.7 Å². The maximum atomic E-state index is 13.5. The number of unbranched alkanes of at least 4 members (excludes halogenated alkanes) is 1. The molecule has 0 aliphatic heterocycles. The molecule has 94 valence electrons. The molecule has 5 heteroatoms. The number of hydrogen-bond donors (Lipinski definition) is 1. The van der Waals surface area contributed by atoms with Crippen LogP contribution in [0.5, 0.6) is 0 Å².